The van der Waals surface area contributed by atoms with Gasteiger partial charge in [-0.2, -0.15) is 0 Å². The topological polar surface area (TPSA) is 81.7 Å². The number of aryl methyl sites for hydroxylation is 1. The van der Waals surface area contributed by atoms with E-state index in [4.69, 9.17) is 0 Å². The molecule has 2 saturated carbocycles. The van der Waals surface area contributed by atoms with Crippen LogP contribution in [0.25, 0.3) is 5.69 Å². The molecule has 6 rings (SSSR count). The zero-order chi connectivity index (χ0) is 20.9. The molecule has 160 valence electrons. The molecule has 3 fully saturated rings. The minimum Gasteiger partial charge on any atom is -0.336 e. The highest BCUT2D eigenvalue weighted by molar-refractivity contribution is 5.94. The highest BCUT2D eigenvalue weighted by Gasteiger charge is 2.38. The van der Waals surface area contributed by atoms with E-state index < -0.39 is 0 Å². The molecule has 3 heterocycles. The molecular formula is C23H27N7O. The number of benzene rings is 1. The zero-order valence-corrected chi connectivity index (χ0v) is 17.8. The van der Waals surface area contributed by atoms with Crippen molar-refractivity contribution in [1.82, 2.24) is 34.7 Å². The third-order valence-electron chi connectivity index (χ3n) is 6.76. The van der Waals surface area contributed by atoms with Crippen LogP contribution in [0.3, 0.4) is 0 Å². The summed E-state index contributed by atoms with van der Waals surface area (Å²) >= 11 is 0. The van der Waals surface area contributed by atoms with Crippen LogP contribution in [0.2, 0.25) is 0 Å². The molecule has 0 N–H and O–H groups in total. The molecule has 1 aromatic carbocycles. The fourth-order valence-corrected chi connectivity index (χ4v) is 4.74. The molecule has 1 amide bonds. The standard InChI is InChI=1S/C23H27N7O/c1-15-4-8-19(9-5-15)30-21(16-6-7-16)20(25-27-30)23(31)28-12-2-3-17(13-28)22-26-24-14-29(22)18-10-11-18/h4-5,8-9,14,16-18H,2-3,6-7,10-13H2,1H3. The summed E-state index contributed by atoms with van der Waals surface area (Å²) in [5.74, 6) is 1.64. The summed E-state index contributed by atoms with van der Waals surface area (Å²) in [5.41, 5.74) is 3.66. The first-order valence-corrected chi connectivity index (χ1v) is 11.4. The van der Waals surface area contributed by atoms with Crippen molar-refractivity contribution < 1.29 is 4.79 Å². The number of hydrogen-bond donors (Lipinski definition) is 0. The van der Waals surface area contributed by atoms with Crippen molar-refractivity contribution in [1.29, 1.82) is 0 Å². The number of hydrogen-bond acceptors (Lipinski definition) is 5. The highest BCUT2D eigenvalue weighted by Crippen LogP contribution is 2.43. The molecule has 2 aromatic heterocycles. The van der Waals surface area contributed by atoms with Gasteiger partial charge in [0.05, 0.1) is 11.4 Å². The molecule has 1 unspecified atom stereocenters. The molecule has 31 heavy (non-hydrogen) atoms. The predicted octanol–water partition coefficient (Wildman–Crippen LogP) is 3.40. The third-order valence-corrected chi connectivity index (χ3v) is 6.76. The summed E-state index contributed by atoms with van der Waals surface area (Å²) in [4.78, 5) is 15.5. The van der Waals surface area contributed by atoms with Gasteiger partial charge in [-0.3, -0.25) is 4.79 Å². The van der Waals surface area contributed by atoms with E-state index in [1.165, 1.54) is 18.4 Å². The Balaban J connectivity index is 1.28. The Kier molecular flexibility index (Phi) is 4.40. The number of amides is 1. The number of carbonyl (C=O) groups is 1. The summed E-state index contributed by atoms with van der Waals surface area (Å²) in [7, 11) is 0. The Labute approximate surface area is 181 Å². The summed E-state index contributed by atoms with van der Waals surface area (Å²) in [6, 6.07) is 8.78. The molecule has 8 heteroatoms. The number of rotatable bonds is 5. The van der Waals surface area contributed by atoms with Crippen molar-refractivity contribution in [3.8, 4) is 5.69 Å². The van der Waals surface area contributed by atoms with Crippen LogP contribution in [-0.4, -0.2) is 53.7 Å². The molecule has 1 atom stereocenters. The van der Waals surface area contributed by atoms with Gasteiger partial charge in [-0.25, -0.2) is 4.68 Å². The first-order valence-electron chi connectivity index (χ1n) is 11.4. The van der Waals surface area contributed by atoms with Gasteiger partial charge in [0.1, 0.15) is 12.2 Å². The minimum atomic E-state index is 0.00227. The van der Waals surface area contributed by atoms with E-state index in [9.17, 15) is 4.79 Å². The second-order valence-electron chi connectivity index (χ2n) is 9.26. The maximum absolute atomic E-state index is 13.6. The van der Waals surface area contributed by atoms with E-state index in [1.807, 2.05) is 28.0 Å². The van der Waals surface area contributed by atoms with E-state index in [2.05, 4.69) is 44.1 Å². The fourth-order valence-electron chi connectivity index (χ4n) is 4.74. The molecule has 8 nitrogen and oxygen atoms in total. The van der Waals surface area contributed by atoms with Crippen molar-refractivity contribution in [2.45, 2.75) is 63.3 Å². The number of aromatic nitrogens is 6. The molecule has 1 aliphatic heterocycles. The van der Waals surface area contributed by atoms with Crippen molar-refractivity contribution in [3.05, 3.63) is 53.4 Å². The van der Waals surface area contributed by atoms with E-state index >= 15 is 0 Å². The summed E-state index contributed by atoms with van der Waals surface area (Å²) in [6.07, 6.45) is 8.45. The molecule has 3 aromatic rings. The number of nitrogens with zero attached hydrogens (tertiary/aromatic N) is 7. The van der Waals surface area contributed by atoms with Gasteiger partial charge in [0, 0.05) is 31.0 Å². The SMILES string of the molecule is Cc1ccc(-n2nnc(C(=O)N3CCCC(c4nncn4C4CC4)C3)c2C2CC2)cc1. The monoisotopic (exact) mass is 417 g/mol. The van der Waals surface area contributed by atoms with Gasteiger partial charge in [0.2, 0.25) is 0 Å². The smallest absolute Gasteiger partial charge is 0.276 e. The normalized spacial score (nSPS) is 21.5. The molecule has 2 aliphatic carbocycles. The predicted molar refractivity (Wildman–Crippen MR) is 114 cm³/mol. The van der Waals surface area contributed by atoms with Crippen molar-refractivity contribution in [3.63, 3.8) is 0 Å². The van der Waals surface area contributed by atoms with Crippen LogP contribution in [0.15, 0.2) is 30.6 Å². The van der Waals surface area contributed by atoms with E-state index in [0.717, 1.165) is 49.4 Å². The van der Waals surface area contributed by atoms with Crippen LogP contribution in [-0.2, 0) is 0 Å². The number of carbonyl (C=O) groups excluding carboxylic acids is 1. The zero-order valence-electron chi connectivity index (χ0n) is 17.8. The average Bonchev–Trinajstić information content (AvgIpc) is 3.73. The third kappa shape index (κ3) is 3.43. The average molecular weight is 418 g/mol. The first kappa shape index (κ1) is 18.7. The summed E-state index contributed by atoms with van der Waals surface area (Å²) in [5, 5.41) is 17.4. The largest absolute Gasteiger partial charge is 0.336 e. The van der Waals surface area contributed by atoms with Gasteiger partial charge in [0.15, 0.2) is 5.69 Å². The molecule has 0 spiro atoms. The van der Waals surface area contributed by atoms with Crippen LogP contribution < -0.4 is 0 Å². The quantitative estimate of drug-likeness (QED) is 0.635. The molecule has 0 radical (unpaired) electrons. The fraction of sp³-hybridized carbons (Fsp3) is 0.522. The second-order valence-corrected chi connectivity index (χ2v) is 9.26. The minimum absolute atomic E-state index is 0.00227. The Morgan fingerprint density at radius 2 is 1.81 bits per heavy atom. The molecule has 3 aliphatic rings. The van der Waals surface area contributed by atoms with Crippen LogP contribution in [0.5, 0.6) is 0 Å². The number of likely N-dealkylation sites (tertiary alicyclic amines) is 1. The van der Waals surface area contributed by atoms with Gasteiger partial charge in [-0.05, 0) is 57.6 Å². The highest BCUT2D eigenvalue weighted by atomic mass is 16.2. The Bertz CT molecular complexity index is 1110. The van der Waals surface area contributed by atoms with Gasteiger partial charge >= 0.3 is 0 Å². The first-order chi connectivity index (χ1) is 15.2. The van der Waals surface area contributed by atoms with Crippen LogP contribution in [0.4, 0.5) is 0 Å². The summed E-state index contributed by atoms with van der Waals surface area (Å²) in [6.45, 7) is 3.50. The lowest BCUT2D eigenvalue weighted by Crippen LogP contribution is -2.40. The van der Waals surface area contributed by atoms with E-state index in [0.29, 0.717) is 24.2 Å². The van der Waals surface area contributed by atoms with Crippen molar-refractivity contribution in [2.75, 3.05) is 13.1 Å². The number of piperidine rings is 1. The lowest BCUT2D eigenvalue weighted by atomic mass is 9.96. The van der Waals surface area contributed by atoms with E-state index in [-0.39, 0.29) is 11.8 Å². The molecular weight excluding hydrogens is 390 g/mol. The van der Waals surface area contributed by atoms with Gasteiger partial charge in [0.25, 0.3) is 5.91 Å². The van der Waals surface area contributed by atoms with E-state index in [1.54, 1.807) is 0 Å². The van der Waals surface area contributed by atoms with Gasteiger partial charge in [-0.1, -0.05) is 22.9 Å². The lowest BCUT2D eigenvalue weighted by Gasteiger charge is -2.32. The van der Waals surface area contributed by atoms with Gasteiger partial charge in [-0.15, -0.1) is 15.3 Å². The Hall–Kier alpha value is -3.03. The maximum Gasteiger partial charge on any atom is 0.276 e. The van der Waals surface area contributed by atoms with Crippen molar-refractivity contribution in [2.24, 2.45) is 0 Å². The van der Waals surface area contributed by atoms with Crippen molar-refractivity contribution >= 4 is 5.91 Å². The van der Waals surface area contributed by atoms with Gasteiger partial charge < -0.3 is 9.47 Å². The van der Waals surface area contributed by atoms with Crippen LogP contribution >= 0.6 is 0 Å². The van der Waals surface area contributed by atoms with Crippen LogP contribution in [0.1, 0.15) is 84.0 Å². The second kappa shape index (κ2) is 7.28. The molecule has 1 saturated heterocycles. The summed E-state index contributed by atoms with van der Waals surface area (Å²) < 4.78 is 4.09. The maximum atomic E-state index is 13.6. The lowest BCUT2D eigenvalue weighted by molar-refractivity contribution is 0.0696. The Morgan fingerprint density at radius 3 is 2.55 bits per heavy atom. The molecule has 0 bridgehead atoms. The van der Waals surface area contributed by atoms with Crippen LogP contribution in [0, 0.1) is 6.92 Å². The Morgan fingerprint density at radius 1 is 1.00 bits per heavy atom.